The number of carbonyl (C=O) groups is 2. The minimum atomic E-state index is -0.691. The molecule has 0 aliphatic rings. The van der Waals surface area contributed by atoms with Gasteiger partial charge in [-0.25, -0.2) is 20.0 Å². The molecule has 0 unspecified atom stereocenters. The number of hydrazine groups is 1. The number of nitrogens with zero attached hydrogens (tertiary/aromatic N) is 1. The molecule has 1 N–H and O–H groups in total. The van der Waals surface area contributed by atoms with E-state index < -0.39 is 12.2 Å². The van der Waals surface area contributed by atoms with Gasteiger partial charge in [0.1, 0.15) is 0 Å². The molecule has 0 aromatic heterocycles. The number of amides is 2. The van der Waals surface area contributed by atoms with Crippen LogP contribution in [0.25, 0.3) is 0 Å². The first-order chi connectivity index (χ1) is 10.1. The summed E-state index contributed by atoms with van der Waals surface area (Å²) in [5.74, 6) is 0. The van der Waals surface area contributed by atoms with Gasteiger partial charge in [0.25, 0.3) is 0 Å². The van der Waals surface area contributed by atoms with Crippen LogP contribution >= 0.6 is 0 Å². The zero-order valence-corrected chi connectivity index (χ0v) is 13.2. The number of hydrogen-bond donors (Lipinski definition) is 1. The van der Waals surface area contributed by atoms with Crippen LogP contribution in [0.3, 0.4) is 0 Å². The highest BCUT2D eigenvalue weighted by Crippen LogP contribution is 2.11. The Balaban J connectivity index is 4.94. The molecule has 0 fully saturated rings. The molecule has 0 bridgehead atoms. The van der Waals surface area contributed by atoms with Gasteiger partial charge in [-0.15, -0.1) is 5.73 Å². The molecular formula is C15H26N2O4. The van der Waals surface area contributed by atoms with Crippen LogP contribution in [0, 0.1) is 0 Å². The van der Waals surface area contributed by atoms with E-state index in [0.29, 0.717) is 6.42 Å². The van der Waals surface area contributed by atoms with Crippen molar-refractivity contribution in [1.29, 1.82) is 0 Å². The molecule has 0 saturated heterocycles. The second-order valence-electron chi connectivity index (χ2n) is 4.34. The molecule has 0 aromatic carbocycles. The van der Waals surface area contributed by atoms with Crippen LogP contribution in [0.15, 0.2) is 18.4 Å². The van der Waals surface area contributed by atoms with E-state index in [2.05, 4.69) is 24.7 Å². The third kappa shape index (κ3) is 8.05. The quantitative estimate of drug-likeness (QED) is 0.423. The van der Waals surface area contributed by atoms with Gasteiger partial charge in [-0.05, 0) is 26.3 Å². The Morgan fingerprint density at radius 3 is 2.43 bits per heavy atom. The summed E-state index contributed by atoms with van der Waals surface area (Å²) < 4.78 is 9.77. The number of ether oxygens (including phenoxy) is 2. The summed E-state index contributed by atoms with van der Waals surface area (Å²) in [5.41, 5.74) is 5.07. The molecular weight excluding hydrogens is 272 g/mol. The molecule has 0 saturated carbocycles. The molecule has 0 aliphatic heterocycles. The topological polar surface area (TPSA) is 67.9 Å². The fraction of sp³-hybridized carbons (Fsp3) is 0.667. The minimum absolute atomic E-state index is 0.222. The molecule has 0 rings (SSSR count). The van der Waals surface area contributed by atoms with Crippen LogP contribution in [0.5, 0.6) is 0 Å². The summed E-state index contributed by atoms with van der Waals surface area (Å²) in [6.45, 7) is 9.46. The molecule has 6 heteroatoms. The number of rotatable bonds is 8. The van der Waals surface area contributed by atoms with Crippen LogP contribution in [-0.2, 0) is 9.47 Å². The van der Waals surface area contributed by atoms with Gasteiger partial charge in [-0.1, -0.05) is 32.8 Å². The number of carbonyl (C=O) groups excluding carboxylic acids is 2. The van der Waals surface area contributed by atoms with Gasteiger partial charge in [-0.2, -0.15) is 0 Å². The lowest BCUT2D eigenvalue weighted by Crippen LogP contribution is -2.51. The van der Waals surface area contributed by atoms with E-state index in [1.54, 1.807) is 19.9 Å². The highest BCUT2D eigenvalue weighted by atomic mass is 16.6. The molecule has 0 aromatic rings. The van der Waals surface area contributed by atoms with Gasteiger partial charge < -0.3 is 9.47 Å². The van der Waals surface area contributed by atoms with Crippen LogP contribution in [0.2, 0.25) is 0 Å². The van der Waals surface area contributed by atoms with Gasteiger partial charge >= 0.3 is 12.2 Å². The van der Waals surface area contributed by atoms with Crippen molar-refractivity contribution in [3.63, 3.8) is 0 Å². The molecule has 120 valence electrons. The first-order valence-corrected chi connectivity index (χ1v) is 7.35. The van der Waals surface area contributed by atoms with Crippen molar-refractivity contribution in [2.75, 3.05) is 13.2 Å². The average Bonchev–Trinajstić information content (AvgIpc) is 2.45. The van der Waals surface area contributed by atoms with Gasteiger partial charge in [0, 0.05) is 0 Å². The summed E-state index contributed by atoms with van der Waals surface area (Å²) >= 11 is 0. The molecule has 0 heterocycles. The SMILES string of the molecule is C=C=C[C@H](CCCCC)N(NC(=O)OCC)C(=O)OCC. The molecule has 21 heavy (non-hydrogen) atoms. The monoisotopic (exact) mass is 298 g/mol. The van der Waals surface area contributed by atoms with E-state index >= 15 is 0 Å². The van der Waals surface area contributed by atoms with E-state index in [1.165, 1.54) is 0 Å². The molecule has 1 atom stereocenters. The summed E-state index contributed by atoms with van der Waals surface area (Å²) in [4.78, 5) is 23.6. The van der Waals surface area contributed by atoms with E-state index in [9.17, 15) is 9.59 Å². The van der Waals surface area contributed by atoms with Crippen molar-refractivity contribution in [3.8, 4) is 0 Å². The fourth-order valence-electron chi connectivity index (χ4n) is 1.75. The number of nitrogens with one attached hydrogen (secondary N) is 1. The first-order valence-electron chi connectivity index (χ1n) is 7.35. The summed E-state index contributed by atoms with van der Waals surface area (Å²) in [6, 6.07) is -0.363. The lowest BCUT2D eigenvalue weighted by atomic mass is 10.1. The molecule has 0 radical (unpaired) electrons. The summed E-state index contributed by atoms with van der Waals surface area (Å²) in [7, 11) is 0. The number of hydrogen-bond acceptors (Lipinski definition) is 4. The zero-order chi connectivity index (χ0) is 16.1. The van der Waals surface area contributed by atoms with Crippen LogP contribution < -0.4 is 5.43 Å². The maximum Gasteiger partial charge on any atom is 0.429 e. The predicted molar refractivity (Wildman–Crippen MR) is 80.7 cm³/mol. The summed E-state index contributed by atoms with van der Waals surface area (Å²) in [5, 5.41) is 1.13. The van der Waals surface area contributed by atoms with Crippen LogP contribution in [-0.4, -0.2) is 36.5 Å². The second-order valence-corrected chi connectivity index (χ2v) is 4.34. The highest BCUT2D eigenvalue weighted by molar-refractivity contribution is 5.74. The van der Waals surface area contributed by atoms with Crippen LogP contribution in [0.4, 0.5) is 9.59 Å². The largest absolute Gasteiger partial charge is 0.449 e. The van der Waals surface area contributed by atoms with Gasteiger partial charge in [0.15, 0.2) is 0 Å². The Morgan fingerprint density at radius 2 is 1.90 bits per heavy atom. The highest BCUT2D eigenvalue weighted by Gasteiger charge is 2.25. The normalized spacial score (nSPS) is 11.0. The molecule has 0 spiro atoms. The van der Waals surface area contributed by atoms with Crippen molar-refractivity contribution in [1.82, 2.24) is 10.4 Å². The van der Waals surface area contributed by atoms with Crippen LogP contribution in [0.1, 0.15) is 46.5 Å². The predicted octanol–water partition coefficient (Wildman–Crippen LogP) is 3.40. The standard InChI is InChI=1S/C15H26N2O4/c1-5-9-10-12-13(11-6-2)17(15(19)21-8-4)16-14(18)20-7-3/h11,13H,2,5,7-10,12H2,1,3-4H3,(H,16,18)/t13-/m1/s1. The third-order valence-corrected chi connectivity index (χ3v) is 2.70. The Labute approximate surface area is 126 Å². The van der Waals surface area contributed by atoms with E-state index in [4.69, 9.17) is 9.47 Å². The lowest BCUT2D eigenvalue weighted by molar-refractivity contribution is 0.0615. The Morgan fingerprint density at radius 1 is 1.24 bits per heavy atom. The number of unbranched alkanes of at least 4 members (excludes halogenated alkanes) is 2. The molecule has 2 amide bonds. The molecule has 0 aliphatic carbocycles. The van der Waals surface area contributed by atoms with Crippen molar-refractivity contribution in [2.24, 2.45) is 0 Å². The first kappa shape index (κ1) is 19.1. The Hall–Kier alpha value is -1.94. The molecule has 6 nitrogen and oxygen atoms in total. The van der Waals surface area contributed by atoms with E-state index in [-0.39, 0.29) is 19.3 Å². The lowest BCUT2D eigenvalue weighted by Gasteiger charge is -2.28. The Bertz CT molecular complexity index is 365. The summed E-state index contributed by atoms with van der Waals surface area (Å²) in [6.07, 6.45) is 4.02. The van der Waals surface area contributed by atoms with E-state index in [1.807, 2.05) is 0 Å². The zero-order valence-electron chi connectivity index (χ0n) is 13.2. The van der Waals surface area contributed by atoms with Crippen molar-refractivity contribution in [2.45, 2.75) is 52.5 Å². The van der Waals surface area contributed by atoms with Gasteiger partial charge in [0.2, 0.25) is 0 Å². The van der Waals surface area contributed by atoms with Gasteiger partial charge in [-0.3, -0.25) is 0 Å². The van der Waals surface area contributed by atoms with Crippen molar-refractivity contribution in [3.05, 3.63) is 18.4 Å². The second kappa shape index (κ2) is 11.9. The third-order valence-electron chi connectivity index (χ3n) is 2.70. The Kier molecular flexibility index (Phi) is 10.8. The fourth-order valence-corrected chi connectivity index (χ4v) is 1.75. The van der Waals surface area contributed by atoms with Crippen molar-refractivity contribution < 1.29 is 19.1 Å². The van der Waals surface area contributed by atoms with Gasteiger partial charge in [0.05, 0.1) is 19.3 Å². The maximum absolute atomic E-state index is 12.0. The van der Waals surface area contributed by atoms with Crippen molar-refractivity contribution >= 4 is 12.2 Å². The maximum atomic E-state index is 12.0. The average molecular weight is 298 g/mol. The smallest absolute Gasteiger partial charge is 0.429 e. The minimum Gasteiger partial charge on any atom is -0.449 e. The van der Waals surface area contributed by atoms with E-state index in [0.717, 1.165) is 24.3 Å².